The molecular formula is C43H79NO5. The van der Waals surface area contributed by atoms with Crippen molar-refractivity contribution in [2.45, 2.75) is 212 Å². The van der Waals surface area contributed by atoms with Gasteiger partial charge in [0, 0.05) is 0 Å². The molecule has 0 saturated heterocycles. The molecule has 0 bridgehead atoms. The van der Waals surface area contributed by atoms with Gasteiger partial charge in [0.25, 0.3) is 0 Å². The summed E-state index contributed by atoms with van der Waals surface area (Å²) in [5, 5.41) is 43.4. The van der Waals surface area contributed by atoms with Crippen molar-refractivity contribution in [1.82, 2.24) is 5.32 Å². The smallest absolute Gasteiger partial charge is 0.249 e. The van der Waals surface area contributed by atoms with Gasteiger partial charge in [-0.25, -0.2) is 0 Å². The number of nitrogens with one attached hydrogen (secondary N) is 1. The van der Waals surface area contributed by atoms with Gasteiger partial charge in [-0.3, -0.25) is 4.79 Å². The minimum Gasteiger partial charge on any atom is -0.394 e. The minimum atomic E-state index is -1.30. The first kappa shape index (κ1) is 47.3. The largest absolute Gasteiger partial charge is 0.394 e. The fourth-order valence-corrected chi connectivity index (χ4v) is 5.89. The molecule has 4 atom stereocenters. The Kier molecular flexibility index (Phi) is 36.2. The number of aliphatic hydroxyl groups is 4. The Labute approximate surface area is 302 Å². The first-order valence-electron chi connectivity index (χ1n) is 20.5. The summed E-state index contributed by atoms with van der Waals surface area (Å²) >= 11 is 0. The Morgan fingerprint density at radius 2 is 0.878 bits per heavy atom. The summed E-state index contributed by atoms with van der Waals surface area (Å²) in [7, 11) is 0. The van der Waals surface area contributed by atoms with E-state index in [1.807, 2.05) is 0 Å². The second kappa shape index (κ2) is 37.5. The average Bonchev–Trinajstić information content (AvgIpc) is 3.11. The molecule has 0 radical (unpaired) electrons. The second-order valence-electron chi connectivity index (χ2n) is 13.9. The van der Waals surface area contributed by atoms with Crippen LogP contribution >= 0.6 is 0 Å². The van der Waals surface area contributed by atoms with E-state index >= 15 is 0 Å². The van der Waals surface area contributed by atoms with Crippen molar-refractivity contribution >= 4 is 5.91 Å². The third-order valence-corrected chi connectivity index (χ3v) is 9.22. The Morgan fingerprint density at radius 1 is 0.490 bits per heavy atom. The van der Waals surface area contributed by atoms with Gasteiger partial charge in [-0.1, -0.05) is 152 Å². The summed E-state index contributed by atoms with van der Waals surface area (Å²) in [6, 6.07) is -1.01. The van der Waals surface area contributed by atoms with Crippen molar-refractivity contribution < 1.29 is 25.2 Å². The molecule has 0 heterocycles. The maximum absolute atomic E-state index is 12.4. The second-order valence-corrected chi connectivity index (χ2v) is 13.9. The van der Waals surface area contributed by atoms with Crippen LogP contribution in [0.5, 0.6) is 0 Å². The quantitative estimate of drug-likeness (QED) is 0.0332. The van der Waals surface area contributed by atoms with Crippen molar-refractivity contribution in [2.75, 3.05) is 6.61 Å². The lowest BCUT2D eigenvalue weighted by Crippen LogP contribution is -2.53. The lowest BCUT2D eigenvalue weighted by Gasteiger charge is -2.27. The molecule has 0 fully saturated rings. The molecule has 6 nitrogen and oxygen atoms in total. The number of amides is 1. The van der Waals surface area contributed by atoms with Gasteiger partial charge >= 0.3 is 0 Å². The zero-order chi connectivity index (χ0) is 36.0. The zero-order valence-electron chi connectivity index (χ0n) is 31.9. The molecule has 0 aliphatic heterocycles. The fraction of sp³-hybridized carbons (Fsp3) is 0.791. The molecule has 0 aromatic carbocycles. The van der Waals surface area contributed by atoms with Crippen molar-refractivity contribution in [1.29, 1.82) is 0 Å². The van der Waals surface area contributed by atoms with Crippen LogP contribution in [0.3, 0.4) is 0 Å². The normalized spacial score (nSPS) is 14.8. The number of carbonyl (C=O) groups excluding carboxylic acids is 1. The van der Waals surface area contributed by atoms with Crippen molar-refractivity contribution in [3.63, 3.8) is 0 Å². The molecule has 6 heteroatoms. The van der Waals surface area contributed by atoms with E-state index in [-0.39, 0.29) is 0 Å². The Hall–Kier alpha value is -1.73. The Balaban J connectivity index is 3.84. The Bertz CT molecular complexity index is 823. The van der Waals surface area contributed by atoms with E-state index in [9.17, 15) is 25.2 Å². The van der Waals surface area contributed by atoms with Crippen LogP contribution in [-0.2, 0) is 4.79 Å². The summed E-state index contributed by atoms with van der Waals surface area (Å²) in [5.41, 5.74) is 0. The summed E-state index contributed by atoms with van der Waals surface area (Å²) in [6.07, 6.45) is 44.4. The van der Waals surface area contributed by atoms with Crippen molar-refractivity contribution in [3.05, 3.63) is 48.6 Å². The molecule has 49 heavy (non-hydrogen) atoms. The number of hydrogen-bond acceptors (Lipinski definition) is 5. The summed E-state index contributed by atoms with van der Waals surface area (Å²) in [6.45, 7) is 3.96. The zero-order valence-corrected chi connectivity index (χ0v) is 31.9. The van der Waals surface area contributed by atoms with Crippen LogP contribution in [-0.4, -0.2) is 57.3 Å². The number of allylic oxidation sites excluding steroid dienone is 8. The third-order valence-electron chi connectivity index (χ3n) is 9.22. The molecule has 0 saturated carbocycles. The van der Waals surface area contributed by atoms with Gasteiger partial charge in [-0.2, -0.15) is 0 Å². The highest BCUT2D eigenvalue weighted by Gasteiger charge is 2.28. The molecule has 0 aromatic rings. The topological polar surface area (TPSA) is 110 Å². The van der Waals surface area contributed by atoms with Gasteiger partial charge in [-0.15, -0.1) is 0 Å². The fourth-order valence-electron chi connectivity index (χ4n) is 5.89. The highest BCUT2D eigenvalue weighted by molar-refractivity contribution is 5.80. The maximum Gasteiger partial charge on any atom is 0.249 e. The van der Waals surface area contributed by atoms with Gasteiger partial charge < -0.3 is 25.7 Å². The predicted molar refractivity (Wildman–Crippen MR) is 210 cm³/mol. The highest BCUT2D eigenvalue weighted by atomic mass is 16.3. The van der Waals surface area contributed by atoms with E-state index < -0.39 is 36.9 Å². The van der Waals surface area contributed by atoms with Crippen molar-refractivity contribution in [3.8, 4) is 0 Å². The molecule has 0 aliphatic carbocycles. The molecular weight excluding hydrogens is 610 g/mol. The summed E-state index contributed by atoms with van der Waals surface area (Å²) < 4.78 is 0. The summed E-state index contributed by atoms with van der Waals surface area (Å²) in [4.78, 5) is 12.4. The van der Waals surface area contributed by atoms with Crippen LogP contribution in [0.15, 0.2) is 48.6 Å². The molecule has 1 amide bonds. The van der Waals surface area contributed by atoms with E-state index in [2.05, 4.69) is 67.8 Å². The molecule has 4 unspecified atom stereocenters. The van der Waals surface area contributed by atoms with Gasteiger partial charge in [-0.05, 0) is 83.5 Å². The first-order chi connectivity index (χ1) is 24.0. The number of hydrogen-bond donors (Lipinski definition) is 5. The number of rotatable bonds is 36. The monoisotopic (exact) mass is 690 g/mol. The molecule has 286 valence electrons. The third kappa shape index (κ3) is 32.0. The van der Waals surface area contributed by atoms with Crippen molar-refractivity contribution in [2.24, 2.45) is 0 Å². The first-order valence-corrected chi connectivity index (χ1v) is 20.5. The molecule has 5 N–H and O–H groups in total. The lowest BCUT2D eigenvalue weighted by molar-refractivity contribution is -0.132. The van der Waals surface area contributed by atoms with Gasteiger partial charge in [0.15, 0.2) is 0 Å². The highest BCUT2D eigenvalue weighted by Crippen LogP contribution is 2.13. The summed E-state index contributed by atoms with van der Waals surface area (Å²) in [5.74, 6) is -0.614. The van der Waals surface area contributed by atoms with Crippen LogP contribution in [0.25, 0.3) is 0 Å². The number of aliphatic hydroxyl groups excluding tert-OH is 4. The molecule has 0 rings (SSSR count). The number of unbranched alkanes of at least 4 members (excludes halogenated alkanes) is 19. The minimum absolute atomic E-state index is 0.341. The van der Waals surface area contributed by atoms with E-state index in [0.717, 1.165) is 70.6 Å². The van der Waals surface area contributed by atoms with E-state index in [1.165, 1.54) is 83.5 Å². The number of carbonyl (C=O) groups is 1. The SMILES string of the molecule is CCCC/C=C\CCCCCCC(O)C(=O)NC(CO)C(O)C(O)CCC/C=C/CC/C=C/CC/C=C/CCCCCCCCCCCC. The van der Waals surface area contributed by atoms with E-state index in [4.69, 9.17) is 0 Å². The molecule has 0 aromatic heterocycles. The van der Waals surface area contributed by atoms with Crippen LogP contribution in [0.2, 0.25) is 0 Å². The van der Waals surface area contributed by atoms with E-state index in [0.29, 0.717) is 19.3 Å². The van der Waals surface area contributed by atoms with Crippen LogP contribution in [0.4, 0.5) is 0 Å². The predicted octanol–water partition coefficient (Wildman–Crippen LogP) is 10.3. The average molecular weight is 690 g/mol. The standard InChI is InChI=1S/C43H79NO5/c1-3-5-7-9-11-13-15-16-17-18-19-20-21-22-23-24-25-26-27-29-30-32-34-36-40(46)42(48)39(38-45)44-43(49)41(47)37-35-33-31-28-14-12-10-8-6-4-2/h10,12,20-21,24-25,29-30,39-42,45-48H,3-9,11,13-19,22-23,26-28,31-38H2,1-2H3,(H,44,49)/b12-10-,21-20+,25-24+,30-29+. The van der Waals surface area contributed by atoms with Gasteiger partial charge in [0.1, 0.15) is 12.2 Å². The molecule has 0 aliphatic rings. The van der Waals surface area contributed by atoms with Gasteiger partial charge in [0.2, 0.25) is 5.91 Å². The van der Waals surface area contributed by atoms with Crippen LogP contribution in [0, 0.1) is 0 Å². The van der Waals surface area contributed by atoms with E-state index in [1.54, 1.807) is 0 Å². The lowest BCUT2D eigenvalue weighted by atomic mass is 10.00. The molecule has 0 spiro atoms. The van der Waals surface area contributed by atoms with Gasteiger partial charge in [0.05, 0.1) is 18.8 Å². The van der Waals surface area contributed by atoms with Crippen LogP contribution in [0.1, 0.15) is 187 Å². The maximum atomic E-state index is 12.4. The van der Waals surface area contributed by atoms with Crippen LogP contribution < -0.4 is 5.32 Å². The Morgan fingerprint density at radius 3 is 1.35 bits per heavy atom.